The van der Waals surface area contributed by atoms with Crippen LogP contribution in [0.1, 0.15) is 24.8 Å². The van der Waals surface area contributed by atoms with E-state index in [0.29, 0.717) is 5.91 Å². The lowest BCUT2D eigenvalue weighted by atomic mass is 10.2. The number of rotatable bonds is 5. The number of halogens is 1. The summed E-state index contributed by atoms with van der Waals surface area (Å²) in [5, 5.41) is 0. The molecule has 0 spiro atoms. The fourth-order valence-electron chi connectivity index (χ4n) is 3.46. The molecule has 1 amide bonds. The molecule has 3 rings (SSSR count). The van der Waals surface area contributed by atoms with Crippen LogP contribution in [0.2, 0.25) is 0 Å². The lowest BCUT2D eigenvalue weighted by molar-refractivity contribution is -0.127. The number of nitrogens with zero attached hydrogens (tertiary/aromatic N) is 3. The van der Waals surface area contributed by atoms with Crippen molar-refractivity contribution in [3.05, 3.63) is 35.6 Å². The van der Waals surface area contributed by atoms with Gasteiger partial charge in [-0.2, -0.15) is 0 Å². The van der Waals surface area contributed by atoms with Gasteiger partial charge >= 0.3 is 0 Å². The summed E-state index contributed by atoms with van der Waals surface area (Å²) in [6.07, 6.45) is 2.89. The number of carbonyl (C=O) groups is 1. The predicted octanol–water partition coefficient (Wildman–Crippen LogP) is 1.96. The van der Waals surface area contributed by atoms with Gasteiger partial charge in [0.1, 0.15) is 5.82 Å². The topological polar surface area (TPSA) is 26.8 Å². The predicted molar refractivity (Wildman–Crippen MR) is 88.5 cm³/mol. The molecule has 0 atom stereocenters. The van der Waals surface area contributed by atoms with E-state index in [-0.39, 0.29) is 5.82 Å². The maximum atomic E-state index is 13.0. The Morgan fingerprint density at radius 3 is 2.35 bits per heavy atom. The molecule has 0 unspecified atom stereocenters. The van der Waals surface area contributed by atoms with Gasteiger partial charge in [0.2, 0.25) is 5.91 Å². The number of benzene rings is 1. The molecule has 0 N–H and O–H groups in total. The first-order valence-corrected chi connectivity index (χ1v) is 8.68. The quantitative estimate of drug-likeness (QED) is 0.830. The third kappa shape index (κ3) is 4.75. The van der Waals surface area contributed by atoms with E-state index >= 15 is 0 Å². The number of hydrogen-bond donors (Lipinski definition) is 0. The zero-order chi connectivity index (χ0) is 16.1. The van der Waals surface area contributed by atoms with Gasteiger partial charge < -0.3 is 9.80 Å². The first kappa shape index (κ1) is 16.4. The van der Waals surface area contributed by atoms with Crippen LogP contribution in [0, 0.1) is 5.82 Å². The van der Waals surface area contributed by atoms with Gasteiger partial charge in [0, 0.05) is 45.7 Å². The summed E-state index contributed by atoms with van der Waals surface area (Å²) in [5.41, 5.74) is 1.17. The first-order chi connectivity index (χ1) is 11.2. The standard InChI is InChI=1S/C18H26FN3O/c19-17-6-4-16(5-7-17)15-21-9-2-8-20(11-12-21)13-14-22-10-1-3-18(22)23/h4-7H,1-3,8-15H2. The minimum atomic E-state index is -0.174. The molecule has 2 aliphatic heterocycles. The lowest BCUT2D eigenvalue weighted by Crippen LogP contribution is -2.37. The number of likely N-dealkylation sites (tertiary alicyclic amines) is 1. The Bertz CT molecular complexity index is 520. The van der Waals surface area contributed by atoms with Crippen LogP contribution in [-0.4, -0.2) is 66.4 Å². The Morgan fingerprint density at radius 1 is 0.870 bits per heavy atom. The summed E-state index contributed by atoms with van der Waals surface area (Å²) in [4.78, 5) is 18.6. The van der Waals surface area contributed by atoms with Crippen molar-refractivity contribution in [3.63, 3.8) is 0 Å². The maximum absolute atomic E-state index is 13.0. The summed E-state index contributed by atoms with van der Waals surface area (Å²) >= 11 is 0. The molecule has 5 heteroatoms. The molecule has 2 heterocycles. The van der Waals surface area contributed by atoms with Crippen molar-refractivity contribution in [2.75, 3.05) is 45.8 Å². The second kappa shape index (κ2) is 7.88. The average Bonchev–Trinajstić information content (AvgIpc) is 2.83. The van der Waals surface area contributed by atoms with Crippen LogP contribution in [0.5, 0.6) is 0 Å². The zero-order valence-electron chi connectivity index (χ0n) is 13.7. The number of hydrogen-bond acceptors (Lipinski definition) is 3. The molecule has 1 aromatic rings. The van der Waals surface area contributed by atoms with E-state index in [2.05, 4.69) is 9.80 Å². The molecule has 126 valence electrons. The summed E-state index contributed by atoms with van der Waals surface area (Å²) in [7, 11) is 0. The highest BCUT2D eigenvalue weighted by Crippen LogP contribution is 2.12. The van der Waals surface area contributed by atoms with Gasteiger partial charge in [-0.25, -0.2) is 4.39 Å². The van der Waals surface area contributed by atoms with Crippen molar-refractivity contribution in [1.82, 2.24) is 14.7 Å². The molecule has 0 radical (unpaired) electrons. The van der Waals surface area contributed by atoms with E-state index in [0.717, 1.165) is 71.6 Å². The molecule has 0 aromatic heterocycles. The van der Waals surface area contributed by atoms with Crippen LogP contribution < -0.4 is 0 Å². The van der Waals surface area contributed by atoms with Crippen LogP contribution in [0.4, 0.5) is 4.39 Å². The van der Waals surface area contributed by atoms with Crippen LogP contribution in [0.25, 0.3) is 0 Å². The van der Waals surface area contributed by atoms with Crippen LogP contribution in [-0.2, 0) is 11.3 Å². The molecule has 2 saturated heterocycles. The molecule has 2 fully saturated rings. The molecule has 4 nitrogen and oxygen atoms in total. The van der Waals surface area contributed by atoms with Crippen molar-refractivity contribution < 1.29 is 9.18 Å². The summed E-state index contributed by atoms with van der Waals surface area (Å²) in [6.45, 7) is 7.93. The second-order valence-electron chi connectivity index (χ2n) is 6.58. The third-order valence-corrected chi connectivity index (χ3v) is 4.86. The molecule has 1 aromatic carbocycles. The van der Waals surface area contributed by atoms with Crippen LogP contribution in [0.15, 0.2) is 24.3 Å². The minimum absolute atomic E-state index is 0.174. The molecular weight excluding hydrogens is 293 g/mol. The molecule has 0 bridgehead atoms. The maximum Gasteiger partial charge on any atom is 0.222 e. The lowest BCUT2D eigenvalue weighted by Gasteiger charge is -2.24. The SMILES string of the molecule is O=C1CCCN1CCN1CCCN(Cc2ccc(F)cc2)CC1. The fraction of sp³-hybridized carbons (Fsp3) is 0.611. The van der Waals surface area contributed by atoms with Gasteiger partial charge in [0.05, 0.1) is 0 Å². The molecule has 0 aliphatic carbocycles. The smallest absolute Gasteiger partial charge is 0.222 e. The van der Waals surface area contributed by atoms with E-state index in [1.54, 1.807) is 0 Å². The van der Waals surface area contributed by atoms with Crippen molar-refractivity contribution in [1.29, 1.82) is 0 Å². The normalized spacial score (nSPS) is 20.9. The van der Waals surface area contributed by atoms with Gasteiger partial charge in [-0.15, -0.1) is 0 Å². The fourth-order valence-corrected chi connectivity index (χ4v) is 3.46. The Morgan fingerprint density at radius 2 is 1.61 bits per heavy atom. The Kier molecular flexibility index (Phi) is 5.62. The summed E-state index contributed by atoms with van der Waals surface area (Å²) in [5.74, 6) is 0.144. The summed E-state index contributed by atoms with van der Waals surface area (Å²) < 4.78 is 13.0. The molecule has 0 saturated carbocycles. The summed E-state index contributed by atoms with van der Waals surface area (Å²) in [6, 6.07) is 6.81. The Hall–Kier alpha value is -1.46. The Labute approximate surface area is 137 Å². The van der Waals surface area contributed by atoms with E-state index in [1.165, 1.54) is 17.7 Å². The zero-order valence-corrected chi connectivity index (χ0v) is 13.7. The molecule has 23 heavy (non-hydrogen) atoms. The van der Waals surface area contributed by atoms with E-state index < -0.39 is 0 Å². The van der Waals surface area contributed by atoms with Crippen LogP contribution >= 0.6 is 0 Å². The molecular formula is C18H26FN3O. The largest absolute Gasteiger partial charge is 0.341 e. The number of amides is 1. The molecule has 2 aliphatic rings. The first-order valence-electron chi connectivity index (χ1n) is 8.68. The van der Waals surface area contributed by atoms with Gasteiger partial charge in [-0.3, -0.25) is 9.69 Å². The Balaban J connectivity index is 1.43. The van der Waals surface area contributed by atoms with Crippen molar-refractivity contribution >= 4 is 5.91 Å². The van der Waals surface area contributed by atoms with Gasteiger partial charge in [0.15, 0.2) is 0 Å². The van der Waals surface area contributed by atoms with Crippen molar-refractivity contribution in [3.8, 4) is 0 Å². The van der Waals surface area contributed by atoms with E-state index in [4.69, 9.17) is 0 Å². The highest BCUT2D eigenvalue weighted by Gasteiger charge is 2.21. The second-order valence-corrected chi connectivity index (χ2v) is 6.58. The third-order valence-electron chi connectivity index (χ3n) is 4.86. The van der Waals surface area contributed by atoms with E-state index in [9.17, 15) is 9.18 Å². The highest BCUT2D eigenvalue weighted by molar-refractivity contribution is 5.78. The number of carbonyl (C=O) groups excluding carboxylic acids is 1. The highest BCUT2D eigenvalue weighted by atomic mass is 19.1. The average molecular weight is 319 g/mol. The minimum Gasteiger partial charge on any atom is -0.341 e. The van der Waals surface area contributed by atoms with Crippen LogP contribution in [0.3, 0.4) is 0 Å². The monoisotopic (exact) mass is 319 g/mol. The van der Waals surface area contributed by atoms with Gasteiger partial charge in [0.25, 0.3) is 0 Å². The van der Waals surface area contributed by atoms with Gasteiger partial charge in [-0.1, -0.05) is 12.1 Å². The van der Waals surface area contributed by atoms with Gasteiger partial charge in [-0.05, 0) is 43.6 Å². The van der Waals surface area contributed by atoms with Crippen molar-refractivity contribution in [2.24, 2.45) is 0 Å². The van der Waals surface area contributed by atoms with E-state index in [1.807, 2.05) is 17.0 Å². The van der Waals surface area contributed by atoms with Crippen molar-refractivity contribution in [2.45, 2.75) is 25.8 Å².